The third-order valence-electron chi connectivity index (χ3n) is 2.06. The maximum atomic E-state index is 9.38. The van der Waals surface area contributed by atoms with Gasteiger partial charge in [-0.1, -0.05) is 0 Å². The lowest BCUT2D eigenvalue weighted by Crippen LogP contribution is -2.16. The van der Waals surface area contributed by atoms with Crippen molar-refractivity contribution in [3.63, 3.8) is 0 Å². The van der Waals surface area contributed by atoms with Crippen LogP contribution in [0.15, 0.2) is 16.6 Å². The van der Waals surface area contributed by atoms with Crippen LogP contribution in [0.1, 0.15) is 11.7 Å². The lowest BCUT2D eigenvalue weighted by molar-refractivity contribution is 0.169. The average molecular weight is 270 g/mol. The fraction of sp³-hybridized carbons (Fsp3) is 0.300. The molecule has 0 saturated heterocycles. The monoisotopic (exact) mass is 269 g/mol. The van der Waals surface area contributed by atoms with Crippen LogP contribution in [0.4, 0.5) is 0 Å². The van der Waals surface area contributed by atoms with E-state index >= 15 is 0 Å². The minimum Gasteiger partial charge on any atom is -0.486 e. The number of fused-ring (bicyclic) bond motifs is 1. The fourth-order valence-electron chi connectivity index (χ4n) is 1.36. The van der Waals surface area contributed by atoms with Crippen LogP contribution in [-0.2, 0) is 0 Å². The standard InChI is InChI=1S/C10H8BrNO3/c11-7-3-6(8(13)5-12)4-9-10(7)15-2-1-14-9/h3-4,8,13H,1-2H2. The molecule has 1 heterocycles. The predicted octanol–water partition coefficient (Wildman–Crippen LogP) is 1.78. The molecule has 1 aromatic carbocycles. The normalized spacial score (nSPS) is 15.5. The van der Waals surface area contributed by atoms with E-state index in [0.717, 1.165) is 0 Å². The topological polar surface area (TPSA) is 62.5 Å². The molecule has 0 amide bonds. The molecule has 0 bridgehead atoms. The Morgan fingerprint density at radius 3 is 2.87 bits per heavy atom. The summed E-state index contributed by atoms with van der Waals surface area (Å²) in [6, 6.07) is 5.03. The zero-order valence-electron chi connectivity index (χ0n) is 7.74. The van der Waals surface area contributed by atoms with Gasteiger partial charge in [0.1, 0.15) is 13.2 Å². The molecular formula is C10H8BrNO3. The molecule has 0 aliphatic carbocycles. The zero-order chi connectivity index (χ0) is 10.8. The summed E-state index contributed by atoms with van der Waals surface area (Å²) in [7, 11) is 0. The average Bonchev–Trinajstić information content (AvgIpc) is 2.28. The molecule has 15 heavy (non-hydrogen) atoms. The van der Waals surface area contributed by atoms with Crippen molar-refractivity contribution in [1.29, 1.82) is 5.26 Å². The van der Waals surface area contributed by atoms with Gasteiger partial charge in [0.25, 0.3) is 0 Å². The fourth-order valence-corrected chi connectivity index (χ4v) is 1.94. The van der Waals surface area contributed by atoms with Crippen molar-refractivity contribution in [2.45, 2.75) is 6.10 Å². The number of nitrogens with zero attached hydrogens (tertiary/aromatic N) is 1. The molecule has 0 aromatic heterocycles. The minimum absolute atomic E-state index is 0.478. The maximum Gasteiger partial charge on any atom is 0.175 e. The van der Waals surface area contributed by atoms with Gasteiger partial charge in [0, 0.05) is 0 Å². The summed E-state index contributed by atoms with van der Waals surface area (Å²) < 4.78 is 11.4. The van der Waals surface area contributed by atoms with Crippen molar-refractivity contribution < 1.29 is 14.6 Å². The highest BCUT2D eigenvalue weighted by Gasteiger charge is 2.18. The Bertz CT molecular complexity index is 427. The Kier molecular flexibility index (Phi) is 2.80. The summed E-state index contributed by atoms with van der Waals surface area (Å²) in [5.74, 6) is 1.18. The summed E-state index contributed by atoms with van der Waals surface area (Å²) in [5, 5.41) is 18.0. The summed E-state index contributed by atoms with van der Waals surface area (Å²) in [4.78, 5) is 0. The van der Waals surface area contributed by atoms with Crippen LogP contribution in [0.5, 0.6) is 11.5 Å². The van der Waals surface area contributed by atoms with Gasteiger partial charge in [0.15, 0.2) is 17.6 Å². The first-order valence-corrected chi connectivity index (χ1v) is 5.18. The van der Waals surface area contributed by atoms with E-state index in [1.807, 2.05) is 0 Å². The number of hydrogen-bond donors (Lipinski definition) is 1. The SMILES string of the molecule is N#CC(O)c1cc(Br)c2c(c1)OCCO2. The molecule has 5 heteroatoms. The predicted molar refractivity (Wildman–Crippen MR) is 55.7 cm³/mol. The first-order chi connectivity index (χ1) is 7.22. The van der Waals surface area contributed by atoms with Gasteiger partial charge in [-0.3, -0.25) is 0 Å². The highest BCUT2D eigenvalue weighted by molar-refractivity contribution is 9.10. The van der Waals surface area contributed by atoms with Gasteiger partial charge in [-0.05, 0) is 33.6 Å². The van der Waals surface area contributed by atoms with Gasteiger partial charge >= 0.3 is 0 Å². The molecule has 0 radical (unpaired) electrons. The lowest BCUT2D eigenvalue weighted by Gasteiger charge is -2.20. The van der Waals surface area contributed by atoms with Crippen molar-refractivity contribution in [3.8, 4) is 17.6 Å². The smallest absolute Gasteiger partial charge is 0.175 e. The van der Waals surface area contributed by atoms with E-state index in [9.17, 15) is 5.11 Å². The number of benzene rings is 1. The molecule has 0 spiro atoms. The Labute approximate surface area is 95.2 Å². The number of aliphatic hydroxyl groups excluding tert-OH is 1. The van der Waals surface area contributed by atoms with E-state index in [4.69, 9.17) is 14.7 Å². The zero-order valence-corrected chi connectivity index (χ0v) is 9.32. The van der Waals surface area contributed by atoms with Gasteiger partial charge in [-0.2, -0.15) is 5.26 Å². The van der Waals surface area contributed by atoms with E-state index < -0.39 is 6.10 Å². The number of halogens is 1. The van der Waals surface area contributed by atoms with Gasteiger partial charge < -0.3 is 14.6 Å². The highest BCUT2D eigenvalue weighted by atomic mass is 79.9. The highest BCUT2D eigenvalue weighted by Crippen LogP contribution is 2.39. The number of nitriles is 1. The summed E-state index contributed by atoms with van der Waals surface area (Å²) in [5.41, 5.74) is 0.494. The van der Waals surface area contributed by atoms with Crippen LogP contribution in [-0.4, -0.2) is 18.3 Å². The van der Waals surface area contributed by atoms with E-state index in [1.165, 1.54) is 0 Å². The van der Waals surface area contributed by atoms with Gasteiger partial charge in [-0.25, -0.2) is 0 Å². The van der Waals surface area contributed by atoms with Crippen molar-refractivity contribution in [2.24, 2.45) is 0 Å². The molecule has 1 atom stereocenters. The summed E-state index contributed by atoms with van der Waals surface area (Å²) >= 11 is 3.30. The second kappa shape index (κ2) is 4.09. The van der Waals surface area contributed by atoms with Crippen LogP contribution in [0.3, 0.4) is 0 Å². The molecule has 1 aliphatic heterocycles. The molecule has 78 valence electrons. The summed E-state index contributed by atoms with van der Waals surface area (Å²) in [6.07, 6.45) is -1.14. The van der Waals surface area contributed by atoms with Crippen LogP contribution >= 0.6 is 15.9 Å². The Morgan fingerprint density at radius 2 is 2.13 bits per heavy atom. The van der Waals surface area contributed by atoms with Gasteiger partial charge in [0.2, 0.25) is 0 Å². The van der Waals surface area contributed by atoms with Crippen molar-refractivity contribution in [3.05, 3.63) is 22.2 Å². The van der Waals surface area contributed by atoms with Crippen molar-refractivity contribution >= 4 is 15.9 Å². The van der Waals surface area contributed by atoms with Crippen LogP contribution in [0.25, 0.3) is 0 Å². The van der Waals surface area contributed by atoms with Crippen molar-refractivity contribution in [2.75, 3.05) is 13.2 Å². The van der Waals surface area contributed by atoms with Crippen molar-refractivity contribution in [1.82, 2.24) is 0 Å². The number of hydrogen-bond acceptors (Lipinski definition) is 4. The van der Waals surface area contributed by atoms with Crippen LogP contribution < -0.4 is 9.47 Å². The van der Waals surface area contributed by atoms with E-state index in [2.05, 4.69) is 15.9 Å². The molecule has 1 unspecified atom stereocenters. The Hall–Kier alpha value is -1.25. The lowest BCUT2D eigenvalue weighted by atomic mass is 10.1. The molecular weight excluding hydrogens is 262 g/mol. The third-order valence-corrected chi connectivity index (χ3v) is 2.65. The second-order valence-corrected chi connectivity index (χ2v) is 3.91. The second-order valence-electron chi connectivity index (χ2n) is 3.06. The van der Waals surface area contributed by atoms with Crippen LogP contribution in [0, 0.1) is 11.3 Å². The van der Waals surface area contributed by atoms with E-state index in [1.54, 1.807) is 18.2 Å². The van der Waals surface area contributed by atoms with Gasteiger partial charge in [0.05, 0.1) is 10.5 Å². The minimum atomic E-state index is -1.14. The molecule has 0 saturated carbocycles. The van der Waals surface area contributed by atoms with Gasteiger partial charge in [-0.15, -0.1) is 0 Å². The maximum absolute atomic E-state index is 9.38. The first kappa shape index (κ1) is 10.3. The van der Waals surface area contributed by atoms with E-state index in [0.29, 0.717) is 34.7 Å². The number of rotatable bonds is 1. The summed E-state index contributed by atoms with van der Waals surface area (Å²) in [6.45, 7) is 0.983. The number of aliphatic hydroxyl groups is 1. The molecule has 2 rings (SSSR count). The molecule has 4 nitrogen and oxygen atoms in total. The number of ether oxygens (including phenoxy) is 2. The largest absolute Gasteiger partial charge is 0.486 e. The quantitative estimate of drug-likeness (QED) is 0.790. The Morgan fingerprint density at radius 1 is 1.40 bits per heavy atom. The molecule has 1 aliphatic rings. The van der Waals surface area contributed by atoms with Crippen LogP contribution in [0.2, 0.25) is 0 Å². The molecule has 0 fully saturated rings. The first-order valence-electron chi connectivity index (χ1n) is 4.39. The third kappa shape index (κ3) is 1.91. The van der Waals surface area contributed by atoms with E-state index in [-0.39, 0.29) is 0 Å². The molecule has 1 N–H and O–H groups in total. The Balaban J connectivity index is 2.46. The molecule has 1 aromatic rings.